The van der Waals surface area contributed by atoms with E-state index < -0.39 is 0 Å². The molecule has 0 radical (unpaired) electrons. The molecule has 2 aliphatic heterocycles. The molecule has 6 heteroatoms. The Bertz CT molecular complexity index is 1220. The largest absolute Gasteiger partial charge is 0.497 e. The summed E-state index contributed by atoms with van der Waals surface area (Å²) in [6.07, 6.45) is 3.76. The zero-order chi connectivity index (χ0) is 24.2. The normalized spacial score (nSPS) is 20.8. The van der Waals surface area contributed by atoms with Crippen molar-refractivity contribution in [3.63, 3.8) is 0 Å². The lowest BCUT2D eigenvalue weighted by atomic mass is 9.98. The average molecular weight is 485 g/mol. The lowest BCUT2D eigenvalue weighted by molar-refractivity contribution is 0.0359. The Morgan fingerprint density at radius 2 is 1.71 bits per heavy atom. The first-order valence-electron chi connectivity index (χ1n) is 12.0. The number of amides is 1. The average Bonchev–Trinajstić information content (AvgIpc) is 3.17. The van der Waals surface area contributed by atoms with Gasteiger partial charge in [-0.3, -0.25) is 4.79 Å². The molecular weight excluding hydrogens is 456 g/mol. The van der Waals surface area contributed by atoms with Crippen molar-refractivity contribution in [1.29, 1.82) is 5.26 Å². The predicted molar refractivity (Wildman–Crippen MR) is 137 cm³/mol. The molecule has 0 aliphatic carbocycles. The van der Waals surface area contributed by atoms with Crippen LogP contribution in [0.15, 0.2) is 77.7 Å². The van der Waals surface area contributed by atoms with E-state index >= 15 is 0 Å². The van der Waals surface area contributed by atoms with Crippen molar-refractivity contribution in [3.8, 4) is 17.6 Å². The number of nitriles is 1. The van der Waals surface area contributed by atoms with E-state index in [2.05, 4.69) is 29.2 Å². The van der Waals surface area contributed by atoms with Gasteiger partial charge in [0, 0.05) is 41.1 Å². The van der Waals surface area contributed by atoms with Crippen molar-refractivity contribution < 1.29 is 14.3 Å². The van der Waals surface area contributed by atoms with Crippen LogP contribution in [-0.4, -0.2) is 36.1 Å². The summed E-state index contributed by atoms with van der Waals surface area (Å²) in [5, 5.41) is 9.13. The van der Waals surface area contributed by atoms with Crippen LogP contribution < -0.4 is 9.47 Å². The molecular formula is C29H28N2O3S. The van der Waals surface area contributed by atoms with Gasteiger partial charge in [-0.1, -0.05) is 24.3 Å². The molecule has 5 rings (SSSR count). The standard InChI is InChI=1S/C29H28N2O3S/c1-33-25-5-3-7-28(17-25)35-19-20-8-10-22(11-9-20)29(32)31-23-12-13-24(31)16-27(15-23)34-26-6-2-4-21(14-26)18-30/h2-11,14,17,23-24,27H,12-13,15-16,19H2,1H3/t23-,24-/m0/s1. The molecule has 2 aliphatic rings. The lowest BCUT2D eigenvalue weighted by Crippen LogP contribution is -2.49. The van der Waals surface area contributed by atoms with Gasteiger partial charge in [0.25, 0.3) is 5.91 Å². The van der Waals surface area contributed by atoms with Crippen LogP contribution in [0.1, 0.15) is 47.2 Å². The minimum absolute atomic E-state index is 0.0708. The van der Waals surface area contributed by atoms with Crippen molar-refractivity contribution >= 4 is 17.7 Å². The van der Waals surface area contributed by atoms with E-state index in [0.717, 1.165) is 53.4 Å². The van der Waals surface area contributed by atoms with Gasteiger partial charge in [0.05, 0.1) is 18.7 Å². The molecule has 0 aromatic heterocycles. The fourth-order valence-electron chi connectivity index (χ4n) is 5.14. The summed E-state index contributed by atoms with van der Waals surface area (Å²) in [7, 11) is 1.68. The van der Waals surface area contributed by atoms with Crippen LogP contribution in [0.4, 0.5) is 0 Å². The Morgan fingerprint density at radius 3 is 2.43 bits per heavy atom. The van der Waals surface area contributed by atoms with Gasteiger partial charge in [-0.05, 0) is 66.9 Å². The van der Waals surface area contributed by atoms with Crippen LogP contribution in [0.25, 0.3) is 0 Å². The van der Waals surface area contributed by atoms with Crippen LogP contribution in [0.5, 0.6) is 11.5 Å². The SMILES string of the molecule is COc1cccc(SCc2ccc(C(=O)N3[C@H]4CC[C@H]3CC(Oc3cccc(C#N)c3)C4)cc2)c1. The highest BCUT2D eigenvalue weighted by Crippen LogP contribution is 2.38. The monoisotopic (exact) mass is 484 g/mol. The molecule has 0 saturated carbocycles. The van der Waals surface area contributed by atoms with Crippen molar-refractivity contribution in [1.82, 2.24) is 4.90 Å². The Labute approximate surface area is 210 Å². The van der Waals surface area contributed by atoms with Gasteiger partial charge in [-0.2, -0.15) is 5.26 Å². The summed E-state index contributed by atoms with van der Waals surface area (Å²) in [6, 6.07) is 25.9. The maximum Gasteiger partial charge on any atom is 0.254 e. The Hall–Kier alpha value is -3.43. The second-order valence-corrected chi connectivity index (χ2v) is 10.2. The van der Waals surface area contributed by atoms with E-state index in [4.69, 9.17) is 14.7 Å². The van der Waals surface area contributed by atoms with E-state index in [1.54, 1.807) is 31.0 Å². The van der Waals surface area contributed by atoms with Crippen LogP contribution >= 0.6 is 11.8 Å². The van der Waals surface area contributed by atoms with Crippen LogP contribution in [0, 0.1) is 11.3 Å². The van der Waals surface area contributed by atoms with E-state index in [1.165, 1.54) is 5.56 Å². The number of hydrogen-bond acceptors (Lipinski definition) is 5. The Balaban J connectivity index is 1.19. The van der Waals surface area contributed by atoms with Gasteiger partial charge in [-0.25, -0.2) is 0 Å². The maximum atomic E-state index is 13.4. The first-order valence-corrected chi connectivity index (χ1v) is 13.0. The third kappa shape index (κ3) is 5.31. The molecule has 0 unspecified atom stereocenters. The van der Waals surface area contributed by atoms with E-state index in [9.17, 15) is 4.79 Å². The summed E-state index contributed by atoms with van der Waals surface area (Å²) in [4.78, 5) is 16.6. The first-order chi connectivity index (χ1) is 17.1. The summed E-state index contributed by atoms with van der Waals surface area (Å²) < 4.78 is 11.5. The van der Waals surface area contributed by atoms with Crippen molar-refractivity contribution in [2.45, 2.75) is 54.5 Å². The number of hydrogen-bond donors (Lipinski definition) is 0. The smallest absolute Gasteiger partial charge is 0.254 e. The van der Waals surface area contributed by atoms with Gasteiger partial charge >= 0.3 is 0 Å². The van der Waals surface area contributed by atoms with Crippen molar-refractivity contribution in [2.24, 2.45) is 0 Å². The second kappa shape index (κ2) is 10.5. The second-order valence-electron chi connectivity index (χ2n) is 9.11. The van der Waals surface area contributed by atoms with E-state index in [0.29, 0.717) is 5.56 Å². The zero-order valence-electron chi connectivity index (χ0n) is 19.7. The highest BCUT2D eigenvalue weighted by molar-refractivity contribution is 7.98. The van der Waals surface area contributed by atoms with Crippen LogP contribution in [-0.2, 0) is 5.75 Å². The Morgan fingerprint density at radius 1 is 1.00 bits per heavy atom. The van der Waals surface area contributed by atoms with E-state index in [1.807, 2.05) is 42.5 Å². The van der Waals surface area contributed by atoms with Crippen molar-refractivity contribution in [3.05, 3.63) is 89.5 Å². The number of rotatable bonds is 7. The molecule has 35 heavy (non-hydrogen) atoms. The minimum Gasteiger partial charge on any atom is -0.497 e. The van der Waals surface area contributed by atoms with Gasteiger partial charge in [0.1, 0.15) is 17.6 Å². The molecule has 2 heterocycles. The third-order valence-corrected chi connectivity index (χ3v) is 7.90. The molecule has 1 amide bonds. The number of thioether (sulfide) groups is 1. The molecule has 2 saturated heterocycles. The number of piperidine rings is 1. The number of fused-ring (bicyclic) bond motifs is 2. The molecule has 3 aromatic carbocycles. The molecule has 5 nitrogen and oxygen atoms in total. The quantitative estimate of drug-likeness (QED) is 0.381. The number of benzene rings is 3. The van der Waals surface area contributed by atoms with Gasteiger partial charge in [0.15, 0.2) is 0 Å². The van der Waals surface area contributed by atoms with Crippen LogP contribution in [0.2, 0.25) is 0 Å². The number of ether oxygens (including phenoxy) is 2. The van der Waals surface area contributed by atoms with Gasteiger partial charge in [0.2, 0.25) is 0 Å². The van der Waals surface area contributed by atoms with Gasteiger partial charge < -0.3 is 14.4 Å². The number of methoxy groups -OCH3 is 1. The summed E-state index contributed by atoms with van der Waals surface area (Å²) >= 11 is 1.75. The van der Waals surface area contributed by atoms with Crippen molar-refractivity contribution in [2.75, 3.05) is 7.11 Å². The Kier molecular flexibility index (Phi) is 6.96. The zero-order valence-corrected chi connectivity index (χ0v) is 20.5. The lowest BCUT2D eigenvalue weighted by Gasteiger charge is -2.39. The number of carbonyl (C=O) groups is 1. The highest BCUT2D eigenvalue weighted by atomic mass is 32.2. The molecule has 0 N–H and O–H groups in total. The predicted octanol–water partition coefficient (Wildman–Crippen LogP) is 6.07. The highest BCUT2D eigenvalue weighted by Gasteiger charge is 2.44. The topological polar surface area (TPSA) is 62.6 Å². The molecule has 2 atom stereocenters. The molecule has 2 fully saturated rings. The van der Waals surface area contributed by atoms with E-state index in [-0.39, 0.29) is 24.1 Å². The number of nitrogens with zero attached hydrogens (tertiary/aromatic N) is 2. The molecule has 3 aromatic rings. The summed E-state index contributed by atoms with van der Waals surface area (Å²) in [6.45, 7) is 0. The fraction of sp³-hybridized carbons (Fsp3) is 0.310. The first kappa shape index (κ1) is 23.3. The summed E-state index contributed by atoms with van der Waals surface area (Å²) in [5.74, 6) is 2.54. The fourth-order valence-corrected chi connectivity index (χ4v) is 6.04. The molecule has 0 spiro atoms. The van der Waals surface area contributed by atoms with Crippen LogP contribution in [0.3, 0.4) is 0 Å². The molecule has 2 bridgehead atoms. The summed E-state index contributed by atoms with van der Waals surface area (Å²) in [5.41, 5.74) is 2.53. The number of carbonyl (C=O) groups excluding carboxylic acids is 1. The maximum absolute atomic E-state index is 13.4. The third-order valence-electron chi connectivity index (χ3n) is 6.84. The molecule has 178 valence electrons. The van der Waals surface area contributed by atoms with Gasteiger partial charge in [-0.15, -0.1) is 11.8 Å². The minimum atomic E-state index is 0.0708.